The average molecular weight is 379 g/mol. The van der Waals surface area contributed by atoms with E-state index in [2.05, 4.69) is 27.5 Å². The summed E-state index contributed by atoms with van der Waals surface area (Å²) in [6.45, 7) is 1.80. The first-order valence-electron chi connectivity index (χ1n) is 7.93. The van der Waals surface area contributed by atoms with Crippen LogP contribution >= 0.6 is 34.8 Å². The van der Waals surface area contributed by atoms with Crippen molar-refractivity contribution in [3.05, 3.63) is 75.1 Å². The van der Waals surface area contributed by atoms with Crippen molar-refractivity contribution >= 4 is 34.8 Å². The predicted molar refractivity (Wildman–Crippen MR) is 99.0 cm³/mol. The van der Waals surface area contributed by atoms with Crippen LogP contribution in [-0.2, 0) is 19.5 Å². The van der Waals surface area contributed by atoms with Crippen LogP contribution < -0.4 is 4.57 Å². The molecule has 0 fully saturated rings. The van der Waals surface area contributed by atoms with Gasteiger partial charge in [-0.15, -0.1) is 0 Å². The topological polar surface area (TPSA) is 8.81 Å². The number of benzene rings is 2. The zero-order chi connectivity index (χ0) is 16.7. The zero-order valence-electron chi connectivity index (χ0n) is 13.0. The van der Waals surface area contributed by atoms with E-state index in [0.29, 0.717) is 10.0 Å². The van der Waals surface area contributed by atoms with Crippen LogP contribution in [-0.4, -0.2) is 4.57 Å². The maximum absolute atomic E-state index is 6.35. The fourth-order valence-electron chi connectivity index (χ4n) is 3.33. The molecule has 4 rings (SSSR count). The third-order valence-corrected chi connectivity index (χ3v) is 5.33. The minimum absolute atomic E-state index is 0.665. The van der Waals surface area contributed by atoms with Gasteiger partial charge in [0.15, 0.2) is 5.69 Å². The minimum atomic E-state index is 0.665. The van der Waals surface area contributed by atoms with Crippen LogP contribution in [0.25, 0.3) is 11.3 Å². The summed E-state index contributed by atoms with van der Waals surface area (Å²) < 4.78 is 4.69. The molecule has 1 aliphatic heterocycles. The molecule has 0 N–H and O–H groups in total. The van der Waals surface area contributed by atoms with E-state index >= 15 is 0 Å². The van der Waals surface area contributed by atoms with Crippen LogP contribution in [0.2, 0.25) is 15.1 Å². The molecule has 2 aromatic carbocycles. The summed E-state index contributed by atoms with van der Waals surface area (Å²) in [7, 11) is 0. The minimum Gasteiger partial charge on any atom is -0.229 e. The van der Waals surface area contributed by atoms with Gasteiger partial charge in [-0.25, -0.2) is 9.13 Å². The van der Waals surface area contributed by atoms with E-state index in [1.807, 2.05) is 24.3 Å². The lowest BCUT2D eigenvalue weighted by molar-refractivity contribution is -0.694. The lowest BCUT2D eigenvalue weighted by Gasteiger charge is -2.03. The molecule has 24 heavy (non-hydrogen) atoms. The van der Waals surface area contributed by atoms with E-state index in [4.69, 9.17) is 34.8 Å². The highest BCUT2D eigenvalue weighted by molar-refractivity contribution is 6.35. The maximum atomic E-state index is 6.35. The molecule has 0 spiro atoms. The van der Waals surface area contributed by atoms with Gasteiger partial charge >= 0.3 is 0 Å². The highest BCUT2D eigenvalue weighted by atomic mass is 35.5. The Morgan fingerprint density at radius 2 is 1.71 bits per heavy atom. The highest BCUT2D eigenvalue weighted by Crippen LogP contribution is 2.27. The van der Waals surface area contributed by atoms with Crippen molar-refractivity contribution in [2.24, 2.45) is 0 Å². The van der Waals surface area contributed by atoms with E-state index < -0.39 is 0 Å². The lowest BCUT2D eigenvalue weighted by Crippen LogP contribution is -2.36. The van der Waals surface area contributed by atoms with Gasteiger partial charge in [-0.1, -0.05) is 40.9 Å². The number of nitrogens with zero attached hydrogens (tertiary/aromatic N) is 2. The molecule has 122 valence electrons. The second-order valence-corrected chi connectivity index (χ2v) is 7.34. The Morgan fingerprint density at radius 3 is 2.46 bits per heavy atom. The van der Waals surface area contributed by atoms with Crippen LogP contribution in [0.15, 0.2) is 48.7 Å². The van der Waals surface area contributed by atoms with Crippen LogP contribution in [0.1, 0.15) is 17.8 Å². The molecule has 0 saturated carbocycles. The van der Waals surface area contributed by atoms with Gasteiger partial charge in [-0.2, -0.15) is 0 Å². The van der Waals surface area contributed by atoms with E-state index in [0.717, 1.165) is 30.1 Å². The second-order valence-electron chi connectivity index (χ2n) is 6.06. The number of halogens is 3. The summed E-state index contributed by atoms with van der Waals surface area (Å²) in [5, 5.41) is 2.13. The molecule has 0 atom stereocenters. The van der Waals surface area contributed by atoms with Crippen molar-refractivity contribution in [2.75, 3.05) is 0 Å². The molecule has 5 heteroatoms. The molecule has 0 unspecified atom stereocenters. The first-order valence-corrected chi connectivity index (χ1v) is 9.07. The number of imidazole rings is 1. The normalized spacial score (nSPS) is 13.3. The van der Waals surface area contributed by atoms with Gasteiger partial charge in [-0.05, 0) is 42.8 Å². The van der Waals surface area contributed by atoms with Crippen molar-refractivity contribution in [1.29, 1.82) is 0 Å². The first-order chi connectivity index (χ1) is 11.6. The van der Waals surface area contributed by atoms with Crippen LogP contribution in [0, 0.1) is 0 Å². The zero-order valence-corrected chi connectivity index (χ0v) is 15.2. The Balaban J connectivity index is 1.74. The average Bonchev–Trinajstić information content (AvgIpc) is 3.15. The third-order valence-electron chi connectivity index (χ3n) is 4.49. The van der Waals surface area contributed by atoms with Gasteiger partial charge in [0.25, 0.3) is 5.82 Å². The van der Waals surface area contributed by atoms with Gasteiger partial charge < -0.3 is 0 Å². The summed E-state index contributed by atoms with van der Waals surface area (Å²) in [5.41, 5.74) is 3.49. The monoisotopic (exact) mass is 377 g/mol. The van der Waals surface area contributed by atoms with Crippen LogP contribution in [0.5, 0.6) is 0 Å². The van der Waals surface area contributed by atoms with Gasteiger partial charge in [0.05, 0.1) is 13.0 Å². The van der Waals surface area contributed by atoms with Crippen LogP contribution in [0.4, 0.5) is 0 Å². The smallest absolute Gasteiger partial charge is 0.229 e. The molecule has 0 bridgehead atoms. The quantitative estimate of drug-likeness (QED) is 0.540. The summed E-state index contributed by atoms with van der Waals surface area (Å²) in [5.74, 6) is 1.34. The summed E-state index contributed by atoms with van der Waals surface area (Å²) in [4.78, 5) is 0. The van der Waals surface area contributed by atoms with Crippen molar-refractivity contribution in [1.82, 2.24) is 4.57 Å². The van der Waals surface area contributed by atoms with Crippen LogP contribution in [0.3, 0.4) is 0 Å². The fourth-order valence-corrected chi connectivity index (χ4v) is 3.92. The largest absolute Gasteiger partial charge is 0.257 e. The first kappa shape index (κ1) is 16.0. The Hall–Kier alpha value is -1.48. The van der Waals surface area contributed by atoms with Crippen molar-refractivity contribution in [3.63, 3.8) is 0 Å². The Kier molecular flexibility index (Phi) is 4.29. The molecule has 0 radical (unpaired) electrons. The second kappa shape index (κ2) is 6.44. The van der Waals surface area contributed by atoms with E-state index in [1.54, 1.807) is 6.07 Å². The number of rotatable bonds is 3. The molecule has 3 aromatic rings. The number of aromatic nitrogens is 2. The highest BCUT2D eigenvalue weighted by Gasteiger charge is 2.28. The van der Waals surface area contributed by atoms with Crippen molar-refractivity contribution < 1.29 is 4.57 Å². The molecule has 2 nitrogen and oxygen atoms in total. The van der Waals surface area contributed by atoms with Gasteiger partial charge in [-0.3, -0.25) is 0 Å². The predicted octanol–water partition coefficient (Wildman–Crippen LogP) is 5.40. The molecule has 0 aliphatic carbocycles. The molecule has 0 amide bonds. The molecule has 1 aromatic heterocycles. The van der Waals surface area contributed by atoms with E-state index in [1.165, 1.54) is 23.5 Å². The van der Waals surface area contributed by atoms with E-state index in [9.17, 15) is 0 Å². The summed E-state index contributed by atoms with van der Waals surface area (Å²) in [6.07, 6.45) is 4.46. The fraction of sp³-hybridized carbons (Fsp3) is 0.211. The summed E-state index contributed by atoms with van der Waals surface area (Å²) >= 11 is 18.4. The number of hydrogen-bond acceptors (Lipinski definition) is 0. The standard InChI is InChI=1S/C19H16Cl3N2/c20-15-6-3-13(4-7-15)18-12-23(19-2-1-9-24(18)19)11-14-5-8-16(21)10-17(14)22/h3-8,10,12H,1-2,9,11H2/q+1. The Labute approximate surface area is 156 Å². The molecule has 1 aliphatic rings. The van der Waals surface area contributed by atoms with Crippen molar-refractivity contribution in [2.45, 2.75) is 25.9 Å². The molecule has 2 heterocycles. The Morgan fingerprint density at radius 1 is 0.958 bits per heavy atom. The van der Waals surface area contributed by atoms with Gasteiger partial charge in [0, 0.05) is 26.2 Å². The van der Waals surface area contributed by atoms with Crippen molar-refractivity contribution in [3.8, 4) is 11.3 Å². The van der Waals surface area contributed by atoms with E-state index in [-0.39, 0.29) is 0 Å². The lowest BCUT2D eigenvalue weighted by atomic mass is 10.1. The Bertz CT molecular complexity index is 898. The molecular formula is C19H16Cl3N2+. The molecule has 0 saturated heterocycles. The maximum Gasteiger partial charge on any atom is 0.257 e. The van der Waals surface area contributed by atoms with Gasteiger partial charge in [0.1, 0.15) is 12.7 Å². The number of hydrogen-bond donors (Lipinski definition) is 0. The third kappa shape index (κ3) is 2.95. The molecular weight excluding hydrogens is 363 g/mol. The van der Waals surface area contributed by atoms with Gasteiger partial charge in [0.2, 0.25) is 0 Å². The number of fused-ring (bicyclic) bond motifs is 1. The summed E-state index contributed by atoms with van der Waals surface area (Å²) in [6, 6.07) is 13.7. The SMILES string of the molecule is Clc1ccc(-c2c[n+](Cc3ccc(Cl)cc3Cl)c3n2CCC3)cc1.